The van der Waals surface area contributed by atoms with Gasteiger partial charge in [-0.2, -0.15) is 23.5 Å². The van der Waals surface area contributed by atoms with Crippen molar-refractivity contribution in [1.29, 1.82) is 0 Å². The van der Waals surface area contributed by atoms with Crippen molar-refractivity contribution >= 4 is 35.1 Å². The molecule has 0 aromatic carbocycles. The standard InChI is InChI=1S/C19H34O2S2/c1-3-17-14-22-12-8-6-4-5-7-9-13-23-15-18(16(2)20)10-11-19(17)21/h17-18H,3-15H2,1-2H3. The molecule has 1 rings (SSSR count). The van der Waals surface area contributed by atoms with Crippen LogP contribution in [0.4, 0.5) is 0 Å². The van der Waals surface area contributed by atoms with Crippen LogP contribution in [-0.2, 0) is 9.59 Å². The van der Waals surface area contributed by atoms with Gasteiger partial charge in [0.2, 0.25) is 0 Å². The highest BCUT2D eigenvalue weighted by molar-refractivity contribution is 7.99. The highest BCUT2D eigenvalue weighted by atomic mass is 32.2. The summed E-state index contributed by atoms with van der Waals surface area (Å²) in [6, 6.07) is 0. The predicted octanol–water partition coefficient (Wildman–Crippen LogP) is 5.39. The van der Waals surface area contributed by atoms with E-state index in [-0.39, 0.29) is 17.6 Å². The fourth-order valence-corrected chi connectivity index (χ4v) is 5.47. The van der Waals surface area contributed by atoms with Crippen molar-refractivity contribution in [2.24, 2.45) is 11.8 Å². The number of Topliss-reactive ketones (excluding diaryl/α,β-unsaturated/α-hetero) is 2. The average Bonchev–Trinajstić information content (AvgIpc) is 2.53. The third-order valence-electron chi connectivity index (χ3n) is 4.73. The normalized spacial score (nSPS) is 27.3. The van der Waals surface area contributed by atoms with Crippen LogP contribution in [0.1, 0.15) is 71.6 Å². The van der Waals surface area contributed by atoms with Gasteiger partial charge in [0, 0.05) is 29.8 Å². The summed E-state index contributed by atoms with van der Waals surface area (Å²) < 4.78 is 0. The van der Waals surface area contributed by atoms with Crippen molar-refractivity contribution in [3.8, 4) is 0 Å². The minimum Gasteiger partial charge on any atom is -0.300 e. The summed E-state index contributed by atoms with van der Waals surface area (Å²) in [6.07, 6.45) is 10.2. The Hall–Kier alpha value is 0.0400. The molecule has 23 heavy (non-hydrogen) atoms. The van der Waals surface area contributed by atoms with E-state index < -0.39 is 0 Å². The maximum atomic E-state index is 12.4. The maximum absolute atomic E-state index is 12.4. The lowest BCUT2D eigenvalue weighted by molar-refractivity contribution is -0.123. The molecule has 0 amide bonds. The molecule has 1 saturated heterocycles. The van der Waals surface area contributed by atoms with Gasteiger partial charge in [0.25, 0.3) is 0 Å². The first-order valence-electron chi connectivity index (χ1n) is 9.33. The zero-order valence-electron chi connectivity index (χ0n) is 15.0. The summed E-state index contributed by atoms with van der Waals surface area (Å²) in [4.78, 5) is 24.2. The molecular weight excluding hydrogens is 324 g/mol. The van der Waals surface area contributed by atoms with Crippen molar-refractivity contribution in [3.05, 3.63) is 0 Å². The van der Waals surface area contributed by atoms with Crippen LogP contribution in [0.2, 0.25) is 0 Å². The summed E-state index contributed by atoms with van der Waals surface area (Å²) in [5, 5.41) is 0. The number of carbonyl (C=O) groups excluding carboxylic acids is 2. The molecule has 2 atom stereocenters. The number of hydrogen-bond acceptors (Lipinski definition) is 4. The van der Waals surface area contributed by atoms with E-state index in [1.54, 1.807) is 6.92 Å². The molecule has 2 nitrogen and oxygen atoms in total. The molecule has 1 aliphatic rings. The molecule has 4 heteroatoms. The van der Waals surface area contributed by atoms with Gasteiger partial charge >= 0.3 is 0 Å². The van der Waals surface area contributed by atoms with Gasteiger partial charge in [-0.25, -0.2) is 0 Å². The van der Waals surface area contributed by atoms with Gasteiger partial charge in [-0.15, -0.1) is 0 Å². The molecule has 0 bridgehead atoms. The highest BCUT2D eigenvalue weighted by Gasteiger charge is 2.20. The van der Waals surface area contributed by atoms with Gasteiger partial charge in [-0.1, -0.05) is 32.6 Å². The Bertz CT molecular complexity index is 344. The zero-order chi connectivity index (χ0) is 16.9. The summed E-state index contributed by atoms with van der Waals surface area (Å²) >= 11 is 3.85. The minimum absolute atomic E-state index is 0.0739. The molecule has 0 aromatic rings. The van der Waals surface area contributed by atoms with Gasteiger partial charge in [-0.3, -0.25) is 9.59 Å². The third-order valence-corrected chi connectivity index (χ3v) is 7.16. The van der Waals surface area contributed by atoms with E-state index in [1.807, 2.05) is 23.5 Å². The molecule has 0 radical (unpaired) electrons. The van der Waals surface area contributed by atoms with Crippen molar-refractivity contribution < 1.29 is 9.59 Å². The molecular formula is C19H34O2S2. The van der Waals surface area contributed by atoms with E-state index in [0.29, 0.717) is 12.2 Å². The second kappa shape index (κ2) is 13.3. The molecule has 0 aromatic heterocycles. The summed E-state index contributed by atoms with van der Waals surface area (Å²) in [5.41, 5.74) is 0. The van der Waals surface area contributed by atoms with Gasteiger partial charge in [-0.05, 0) is 44.1 Å². The number of hydrogen-bond donors (Lipinski definition) is 0. The van der Waals surface area contributed by atoms with Gasteiger partial charge in [0.05, 0.1) is 0 Å². The predicted molar refractivity (Wildman–Crippen MR) is 105 cm³/mol. The smallest absolute Gasteiger partial charge is 0.136 e. The first-order valence-corrected chi connectivity index (χ1v) is 11.6. The van der Waals surface area contributed by atoms with E-state index in [9.17, 15) is 9.59 Å². The average molecular weight is 359 g/mol. The van der Waals surface area contributed by atoms with Crippen LogP contribution in [0.3, 0.4) is 0 Å². The van der Waals surface area contributed by atoms with Crippen LogP contribution in [0.5, 0.6) is 0 Å². The zero-order valence-corrected chi connectivity index (χ0v) is 16.6. The van der Waals surface area contributed by atoms with Crippen molar-refractivity contribution in [3.63, 3.8) is 0 Å². The first-order chi connectivity index (χ1) is 11.1. The van der Waals surface area contributed by atoms with Gasteiger partial charge < -0.3 is 0 Å². The Morgan fingerprint density at radius 1 is 1.00 bits per heavy atom. The lowest BCUT2D eigenvalue weighted by Crippen LogP contribution is -2.20. The Balaban J connectivity index is 2.52. The second-order valence-electron chi connectivity index (χ2n) is 6.69. The number of carbonyl (C=O) groups is 2. The summed E-state index contributed by atoms with van der Waals surface area (Å²) in [5.74, 6) is 5.11. The van der Waals surface area contributed by atoms with E-state index >= 15 is 0 Å². The van der Waals surface area contributed by atoms with Crippen LogP contribution in [0.15, 0.2) is 0 Å². The monoisotopic (exact) mass is 358 g/mol. The fourth-order valence-electron chi connectivity index (χ4n) is 2.93. The Kier molecular flexibility index (Phi) is 12.2. The molecule has 2 unspecified atom stereocenters. The van der Waals surface area contributed by atoms with Crippen LogP contribution in [-0.4, -0.2) is 34.6 Å². The molecule has 1 aliphatic heterocycles. The van der Waals surface area contributed by atoms with E-state index in [1.165, 1.54) is 44.3 Å². The van der Waals surface area contributed by atoms with Crippen LogP contribution in [0, 0.1) is 11.8 Å². The lowest BCUT2D eigenvalue weighted by atomic mass is 9.94. The molecule has 0 spiro atoms. The van der Waals surface area contributed by atoms with E-state index in [0.717, 1.165) is 30.1 Å². The number of thioether (sulfide) groups is 2. The fraction of sp³-hybridized carbons (Fsp3) is 0.895. The molecule has 0 saturated carbocycles. The van der Waals surface area contributed by atoms with Crippen LogP contribution in [0.25, 0.3) is 0 Å². The SMILES string of the molecule is CCC1CSCCCCCCCCSCC(C(C)=O)CCC1=O. The van der Waals surface area contributed by atoms with Crippen LogP contribution >= 0.6 is 23.5 Å². The minimum atomic E-state index is 0.0739. The van der Waals surface area contributed by atoms with E-state index in [4.69, 9.17) is 0 Å². The largest absolute Gasteiger partial charge is 0.300 e. The summed E-state index contributed by atoms with van der Waals surface area (Å²) in [7, 11) is 0. The number of rotatable bonds is 2. The third kappa shape index (κ3) is 9.81. The topological polar surface area (TPSA) is 34.1 Å². The van der Waals surface area contributed by atoms with Crippen molar-refractivity contribution in [2.45, 2.75) is 71.6 Å². The van der Waals surface area contributed by atoms with Gasteiger partial charge in [0.1, 0.15) is 11.6 Å². The van der Waals surface area contributed by atoms with Gasteiger partial charge in [0.15, 0.2) is 0 Å². The summed E-state index contributed by atoms with van der Waals surface area (Å²) in [6.45, 7) is 3.80. The molecule has 1 heterocycles. The molecule has 1 fully saturated rings. The highest BCUT2D eigenvalue weighted by Crippen LogP contribution is 2.22. The van der Waals surface area contributed by atoms with E-state index in [2.05, 4.69) is 6.92 Å². The lowest BCUT2D eigenvalue weighted by Gasteiger charge is -2.16. The first kappa shape index (κ1) is 21.1. The number of ketones is 2. The Morgan fingerprint density at radius 3 is 2.13 bits per heavy atom. The quantitative estimate of drug-likeness (QED) is 0.663. The Morgan fingerprint density at radius 2 is 1.57 bits per heavy atom. The van der Waals surface area contributed by atoms with Crippen LogP contribution < -0.4 is 0 Å². The second-order valence-corrected chi connectivity index (χ2v) is 8.99. The Labute approximate surface area is 151 Å². The van der Waals surface area contributed by atoms with Crippen molar-refractivity contribution in [1.82, 2.24) is 0 Å². The van der Waals surface area contributed by atoms with Crippen molar-refractivity contribution in [2.75, 3.05) is 23.0 Å². The maximum Gasteiger partial charge on any atom is 0.136 e. The molecule has 0 aliphatic carbocycles. The molecule has 134 valence electrons. The molecule has 0 N–H and O–H groups in total.